The summed E-state index contributed by atoms with van der Waals surface area (Å²) in [5, 5.41) is 3.47. The summed E-state index contributed by atoms with van der Waals surface area (Å²) in [6, 6.07) is 0. The number of likely N-dealkylation sites (N-methyl/N-ethyl adjacent to an activating group) is 1. The Morgan fingerprint density at radius 2 is 2.06 bits per heavy atom. The molecule has 0 spiro atoms. The summed E-state index contributed by atoms with van der Waals surface area (Å²) in [6.45, 7) is 11.7. The molecule has 0 aromatic heterocycles. The summed E-state index contributed by atoms with van der Waals surface area (Å²) in [7, 11) is 4.21. The number of nitrogens with zero attached hydrogens (tertiary/aromatic N) is 2. The third-order valence-corrected chi connectivity index (χ3v) is 2.85. The van der Waals surface area contributed by atoms with E-state index in [0.29, 0.717) is 0 Å². The summed E-state index contributed by atoms with van der Waals surface area (Å²) in [4.78, 5) is 4.68. The molecule has 4 heteroatoms. The normalized spacial score (nSPS) is 21.6. The van der Waals surface area contributed by atoms with Crippen LogP contribution in [0.4, 0.5) is 0 Å². The molecular formula is C12H27N3O. The number of nitrogens with one attached hydrogen (secondary N) is 1. The van der Waals surface area contributed by atoms with E-state index >= 15 is 0 Å². The van der Waals surface area contributed by atoms with Crippen molar-refractivity contribution in [2.75, 3.05) is 60.0 Å². The van der Waals surface area contributed by atoms with E-state index in [0.717, 1.165) is 45.9 Å². The molecule has 0 saturated carbocycles. The molecule has 1 saturated heterocycles. The number of morpholine rings is 1. The second kappa shape index (κ2) is 6.55. The molecule has 0 amide bonds. The maximum Gasteiger partial charge on any atom is 0.0753 e. The van der Waals surface area contributed by atoms with Crippen molar-refractivity contribution in [2.24, 2.45) is 0 Å². The third kappa shape index (κ3) is 5.80. The highest BCUT2D eigenvalue weighted by molar-refractivity contribution is 4.79. The number of hydrogen-bond acceptors (Lipinski definition) is 4. The van der Waals surface area contributed by atoms with Gasteiger partial charge in [-0.05, 0) is 27.9 Å². The maximum atomic E-state index is 5.69. The molecule has 0 radical (unpaired) electrons. The molecule has 0 unspecified atom stereocenters. The van der Waals surface area contributed by atoms with Crippen LogP contribution in [0.5, 0.6) is 0 Å². The second-order valence-corrected chi connectivity index (χ2v) is 5.44. The largest absolute Gasteiger partial charge is 0.373 e. The van der Waals surface area contributed by atoms with E-state index in [4.69, 9.17) is 4.74 Å². The van der Waals surface area contributed by atoms with Gasteiger partial charge < -0.3 is 15.0 Å². The van der Waals surface area contributed by atoms with E-state index in [1.807, 2.05) is 0 Å². The quantitative estimate of drug-likeness (QED) is 0.661. The van der Waals surface area contributed by atoms with Crippen molar-refractivity contribution in [3.8, 4) is 0 Å². The molecular weight excluding hydrogens is 202 g/mol. The van der Waals surface area contributed by atoms with Crippen molar-refractivity contribution < 1.29 is 4.74 Å². The summed E-state index contributed by atoms with van der Waals surface area (Å²) >= 11 is 0. The van der Waals surface area contributed by atoms with Crippen molar-refractivity contribution in [1.82, 2.24) is 15.1 Å². The zero-order valence-corrected chi connectivity index (χ0v) is 11.3. The van der Waals surface area contributed by atoms with Crippen LogP contribution in [-0.4, -0.2) is 75.4 Å². The maximum absolute atomic E-state index is 5.69. The lowest BCUT2D eigenvalue weighted by atomic mass is 10.1. The fourth-order valence-corrected chi connectivity index (χ4v) is 1.97. The van der Waals surface area contributed by atoms with Crippen LogP contribution in [0.2, 0.25) is 0 Å². The van der Waals surface area contributed by atoms with Gasteiger partial charge in [0.25, 0.3) is 0 Å². The Morgan fingerprint density at radius 1 is 1.31 bits per heavy atom. The van der Waals surface area contributed by atoms with Crippen molar-refractivity contribution >= 4 is 0 Å². The average Bonchev–Trinajstić information content (AvgIpc) is 2.15. The fraction of sp³-hybridized carbons (Fsp3) is 1.00. The van der Waals surface area contributed by atoms with Gasteiger partial charge in [-0.15, -0.1) is 0 Å². The van der Waals surface area contributed by atoms with Crippen LogP contribution in [0, 0.1) is 0 Å². The third-order valence-electron chi connectivity index (χ3n) is 2.85. The molecule has 1 aliphatic heterocycles. The summed E-state index contributed by atoms with van der Waals surface area (Å²) < 4.78 is 5.69. The van der Waals surface area contributed by atoms with E-state index in [2.05, 4.69) is 43.1 Å². The van der Waals surface area contributed by atoms with Gasteiger partial charge in [0.05, 0.1) is 12.2 Å². The molecule has 0 atom stereocenters. The van der Waals surface area contributed by atoms with Crippen molar-refractivity contribution in [3.63, 3.8) is 0 Å². The highest BCUT2D eigenvalue weighted by atomic mass is 16.5. The zero-order chi connectivity index (χ0) is 12.0. The first-order valence-electron chi connectivity index (χ1n) is 6.21. The second-order valence-electron chi connectivity index (χ2n) is 5.44. The minimum absolute atomic E-state index is 0.0296. The molecule has 16 heavy (non-hydrogen) atoms. The highest BCUT2D eigenvalue weighted by Gasteiger charge is 2.26. The van der Waals surface area contributed by atoms with E-state index in [9.17, 15) is 0 Å². The molecule has 0 aromatic carbocycles. The molecule has 1 heterocycles. The Bertz CT molecular complexity index is 195. The summed E-state index contributed by atoms with van der Waals surface area (Å²) in [5.41, 5.74) is 0.0296. The smallest absolute Gasteiger partial charge is 0.0753 e. The van der Waals surface area contributed by atoms with Crippen molar-refractivity contribution in [3.05, 3.63) is 0 Å². The Hall–Kier alpha value is -0.160. The van der Waals surface area contributed by atoms with Gasteiger partial charge in [0.1, 0.15) is 0 Å². The number of rotatable bonds is 6. The zero-order valence-electron chi connectivity index (χ0n) is 11.3. The number of hydrogen-bond donors (Lipinski definition) is 1. The van der Waals surface area contributed by atoms with Gasteiger partial charge >= 0.3 is 0 Å². The van der Waals surface area contributed by atoms with Crippen LogP contribution >= 0.6 is 0 Å². The van der Waals surface area contributed by atoms with Crippen molar-refractivity contribution in [2.45, 2.75) is 19.4 Å². The molecule has 96 valence electrons. The lowest BCUT2D eigenvalue weighted by molar-refractivity contribution is -0.0854. The Kier molecular flexibility index (Phi) is 5.69. The van der Waals surface area contributed by atoms with Crippen LogP contribution in [-0.2, 0) is 4.74 Å². The predicted molar refractivity (Wildman–Crippen MR) is 67.9 cm³/mol. The molecule has 1 rings (SSSR count). The first-order chi connectivity index (χ1) is 7.49. The van der Waals surface area contributed by atoms with Crippen molar-refractivity contribution in [1.29, 1.82) is 0 Å². The van der Waals surface area contributed by atoms with Gasteiger partial charge in [-0.2, -0.15) is 0 Å². The average molecular weight is 229 g/mol. The molecule has 0 bridgehead atoms. The molecule has 0 aliphatic carbocycles. The Morgan fingerprint density at radius 3 is 2.69 bits per heavy atom. The van der Waals surface area contributed by atoms with E-state index < -0.39 is 0 Å². The molecule has 0 aromatic rings. The van der Waals surface area contributed by atoms with Crippen LogP contribution in [0.1, 0.15) is 13.8 Å². The standard InChI is InChI=1S/C12H27N3O/c1-12(2)11-15(9-10-16-12)8-6-13-5-7-14(3)4/h13H,5-11H2,1-4H3. The van der Waals surface area contributed by atoms with E-state index in [1.54, 1.807) is 0 Å². The molecule has 1 fully saturated rings. The topological polar surface area (TPSA) is 27.7 Å². The fourth-order valence-electron chi connectivity index (χ4n) is 1.97. The predicted octanol–water partition coefficient (Wildman–Crippen LogP) is 0.248. The Labute approximate surface area is 99.9 Å². The van der Waals surface area contributed by atoms with Crippen LogP contribution in [0.15, 0.2) is 0 Å². The first kappa shape index (κ1) is 13.9. The number of ether oxygens (including phenoxy) is 1. The van der Waals surface area contributed by atoms with Crippen LogP contribution in [0.25, 0.3) is 0 Å². The van der Waals surface area contributed by atoms with Gasteiger partial charge in [0, 0.05) is 39.3 Å². The molecule has 4 nitrogen and oxygen atoms in total. The summed E-state index contributed by atoms with van der Waals surface area (Å²) in [5.74, 6) is 0. The lowest BCUT2D eigenvalue weighted by Crippen LogP contribution is -2.50. The van der Waals surface area contributed by atoms with Gasteiger partial charge in [-0.1, -0.05) is 0 Å². The van der Waals surface area contributed by atoms with Gasteiger partial charge in [0.2, 0.25) is 0 Å². The summed E-state index contributed by atoms with van der Waals surface area (Å²) in [6.07, 6.45) is 0. The Balaban J connectivity index is 2.04. The van der Waals surface area contributed by atoms with E-state index in [-0.39, 0.29) is 5.60 Å². The van der Waals surface area contributed by atoms with Crippen LogP contribution < -0.4 is 5.32 Å². The van der Waals surface area contributed by atoms with Crippen LogP contribution in [0.3, 0.4) is 0 Å². The lowest BCUT2D eigenvalue weighted by Gasteiger charge is -2.38. The minimum Gasteiger partial charge on any atom is -0.373 e. The van der Waals surface area contributed by atoms with Gasteiger partial charge in [0.15, 0.2) is 0 Å². The molecule has 1 aliphatic rings. The van der Waals surface area contributed by atoms with Gasteiger partial charge in [-0.25, -0.2) is 0 Å². The highest BCUT2D eigenvalue weighted by Crippen LogP contribution is 2.15. The first-order valence-corrected chi connectivity index (χ1v) is 6.21. The van der Waals surface area contributed by atoms with E-state index in [1.165, 1.54) is 0 Å². The minimum atomic E-state index is 0.0296. The molecule has 1 N–H and O–H groups in total. The van der Waals surface area contributed by atoms with Gasteiger partial charge in [-0.3, -0.25) is 4.90 Å². The SMILES string of the molecule is CN(C)CCNCCN1CCOC(C)(C)C1. The monoisotopic (exact) mass is 229 g/mol.